The number of carboxylic acid groups (broad SMARTS) is 1. The summed E-state index contributed by atoms with van der Waals surface area (Å²) in [5.74, 6) is -0.962. The first-order valence-corrected chi connectivity index (χ1v) is 8.04. The fourth-order valence-corrected chi connectivity index (χ4v) is 2.62. The van der Waals surface area contributed by atoms with Gasteiger partial charge in [0.15, 0.2) is 10.8 Å². The zero-order valence-corrected chi connectivity index (χ0v) is 12.5. The number of anilines is 1. The van der Waals surface area contributed by atoms with Crippen LogP contribution in [0.1, 0.15) is 68.8 Å². The number of unbranched alkanes of at least 4 members (excludes halogenated alkanes) is 7. The van der Waals surface area contributed by atoms with Gasteiger partial charge >= 0.3 is 5.97 Å². The first-order valence-electron chi connectivity index (χ1n) is 7.16. The smallest absolute Gasteiger partial charge is 0.355 e. The van der Waals surface area contributed by atoms with Gasteiger partial charge < -0.3 is 10.4 Å². The van der Waals surface area contributed by atoms with Crippen LogP contribution >= 0.6 is 11.3 Å². The summed E-state index contributed by atoms with van der Waals surface area (Å²) < 4.78 is 0. The Bertz CT molecular complexity index is 366. The largest absolute Gasteiger partial charge is 0.476 e. The van der Waals surface area contributed by atoms with Crippen molar-refractivity contribution in [2.75, 3.05) is 11.9 Å². The first kappa shape index (κ1) is 16.0. The lowest BCUT2D eigenvalue weighted by Crippen LogP contribution is -2.02. The third kappa shape index (κ3) is 7.15. The Labute approximate surface area is 119 Å². The molecule has 1 rings (SSSR count). The van der Waals surface area contributed by atoms with Crippen LogP contribution in [0, 0.1) is 0 Å². The fraction of sp³-hybridized carbons (Fsp3) is 0.714. The van der Waals surface area contributed by atoms with Crippen molar-refractivity contribution in [3.63, 3.8) is 0 Å². The van der Waals surface area contributed by atoms with Crippen molar-refractivity contribution in [3.05, 3.63) is 11.1 Å². The molecule has 0 bridgehead atoms. The number of aromatic nitrogens is 1. The van der Waals surface area contributed by atoms with Gasteiger partial charge in [-0.05, 0) is 6.42 Å². The van der Waals surface area contributed by atoms with Gasteiger partial charge in [0.25, 0.3) is 0 Å². The van der Waals surface area contributed by atoms with Crippen LogP contribution in [0.4, 0.5) is 5.13 Å². The van der Waals surface area contributed by atoms with Crippen molar-refractivity contribution in [1.29, 1.82) is 0 Å². The number of hydrogen-bond acceptors (Lipinski definition) is 4. The minimum absolute atomic E-state index is 0.128. The van der Waals surface area contributed by atoms with Crippen LogP contribution in [-0.4, -0.2) is 22.6 Å². The van der Waals surface area contributed by atoms with Gasteiger partial charge in [-0.3, -0.25) is 0 Å². The number of nitrogens with one attached hydrogen (secondary N) is 1. The maximum Gasteiger partial charge on any atom is 0.355 e. The number of carboxylic acids is 1. The molecule has 19 heavy (non-hydrogen) atoms. The van der Waals surface area contributed by atoms with Gasteiger partial charge in [-0.2, -0.15) is 0 Å². The molecule has 2 N–H and O–H groups in total. The van der Waals surface area contributed by atoms with E-state index in [2.05, 4.69) is 17.2 Å². The van der Waals surface area contributed by atoms with E-state index in [9.17, 15) is 4.79 Å². The number of hydrogen-bond donors (Lipinski definition) is 2. The van der Waals surface area contributed by atoms with Crippen LogP contribution in [0.3, 0.4) is 0 Å². The number of rotatable bonds is 11. The lowest BCUT2D eigenvalue weighted by molar-refractivity contribution is 0.0691. The average molecular weight is 284 g/mol. The molecule has 0 aromatic carbocycles. The topological polar surface area (TPSA) is 62.2 Å². The molecule has 1 aromatic heterocycles. The minimum Gasteiger partial charge on any atom is -0.476 e. The monoisotopic (exact) mass is 284 g/mol. The molecule has 5 heteroatoms. The summed E-state index contributed by atoms with van der Waals surface area (Å²) in [6, 6.07) is 0. The predicted octanol–water partition coefficient (Wildman–Crippen LogP) is 4.39. The predicted molar refractivity (Wildman–Crippen MR) is 80.2 cm³/mol. The van der Waals surface area contributed by atoms with Gasteiger partial charge in [0.1, 0.15) is 0 Å². The highest BCUT2D eigenvalue weighted by Crippen LogP contribution is 2.15. The lowest BCUT2D eigenvalue weighted by Gasteiger charge is -2.03. The molecule has 108 valence electrons. The van der Waals surface area contributed by atoms with Crippen molar-refractivity contribution < 1.29 is 9.90 Å². The molecule has 0 amide bonds. The molecule has 4 nitrogen and oxygen atoms in total. The van der Waals surface area contributed by atoms with Crippen molar-refractivity contribution in [2.24, 2.45) is 0 Å². The standard InChI is InChI=1S/C14H24N2O2S/c1-2-3-4-5-6-7-8-9-10-15-14-16-12(11-19-14)13(17)18/h11H,2-10H2,1H3,(H,15,16)(H,17,18). The van der Waals surface area contributed by atoms with E-state index < -0.39 is 5.97 Å². The van der Waals surface area contributed by atoms with Gasteiger partial charge in [0.05, 0.1) is 0 Å². The molecule has 0 aliphatic carbocycles. The highest BCUT2D eigenvalue weighted by atomic mass is 32.1. The van der Waals surface area contributed by atoms with E-state index >= 15 is 0 Å². The van der Waals surface area contributed by atoms with Gasteiger partial charge in [-0.15, -0.1) is 11.3 Å². The van der Waals surface area contributed by atoms with E-state index in [1.54, 1.807) is 5.38 Å². The van der Waals surface area contributed by atoms with Crippen molar-refractivity contribution >= 4 is 22.4 Å². The second kappa shape index (κ2) is 9.78. The van der Waals surface area contributed by atoms with Crippen LogP contribution in [0.5, 0.6) is 0 Å². The Kier molecular flexibility index (Phi) is 8.21. The minimum atomic E-state index is -0.962. The van der Waals surface area contributed by atoms with E-state index in [1.807, 2.05) is 0 Å². The molecule has 0 atom stereocenters. The van der Waals surface area contributed by atoms with Crippen molar-refractivity contribution in [3.8, 4) is 0 Å². The van der Waals surface area contributed by atoms with Crippen LogP contribution in [0.25, 0.3) is 0 Å². The Morgan fingerprint density at radius 3 is 2.42 bits per heavy atom. The third-order valence-electron chi connectivity index (χ3n) is 3.03. The second-order valence-electron chi connectivity index (χ2n) is 4.74. The third-order valence-corrected chi connectivity index (χ3v) is 3.83. The molecule has 0 aliphatic rings. The van der Waals surface area contributed by atoms with Crippen LogP contribution < -0.4 is 5.32 Å². The molecule has 0 saturated heterocycles. The molecule has 0 unspecified atom stereocenters. The first-order chi connectivity index (χ1) is 9.24. The Hall–Kier alpha value is -1.10. The molecule has 0 fully saturated rings. The second-order valence-corrected chi connectivity index (χ2v) is 5.60. The average Bonchev–Trinajstić information content (AvgIpc) is 2.86. The number of thiazole rings is 1. The van der Waals surface area contributed by atoms with E-state index in [1.165, 1.54) is 56.3 Å². The zero-order chi connectivity index (χ0) is 13.9. The number of aromatic carboxylic acids is 1. The summed E-state index contributed by atoms with van der Waals surface area (Å²) >= 11 is 1.35. The summed E-state index contributed by atoms with van der Waals surface area (Å²) in [6.45, 7) is 3.11. The van der Waals surface area contributed by atoms with Crippen LogP contribution in [0.2, 0.25) is 0 Å². The summed E-state index contributed by atoms with van der Waals surface area (Å²) in [5, 5.41) is 14.2. The van der Waals surface area contributed by atoms with Crippen molar-refractivity contribution in [2.45, 2.75) is 58.3 Å². The molecular formula is C14H24N2O2S. The van der Waals surface area contributed by atoms with Gasteiger partial charge in [0, 0.05) is 11.9 Å². The van der Waals surface area contributed by atoms with Gasteiger partial charge in [-0.25, -0.2) is 9.78 Å². The zero-order valence-electron chi connectivity index (χ0n) is 11.7. The molecule has 1 aromatic rings. The Morgan fingerprint density at radius 2 is 1.84 bits per heavy atom. The highest BCUT2D eigenvalue weighted by molar-refractivity contribution is 7.13. The summed E-state index contributed by atoms with van der Waals surface area (Å²) in [6.07, 6.45) is 10.4. The number of carbonyl (C=O) groups is 1. The quantitative estimate of drug-likeness (QED) is 0.591. The Balaban J connectivity index is 1.97. The molecule has 0 radical (unpaired) electrons. The van der Waals surface area contributed by atoms with Crippen molar-refractivity contribution in [1.82, 2.24) is 4.98 Å². The van der Waals surface area contributed by atoms with E-state index in [0.29, 0.717) is 5.13 Å². The highest BCUT2D eigenvalue weighted by Gasteiger charge is 2.07. The lowest BCUT2D eigenvalue weighted by atomic mass is 10.1. The van der Waals surface area contributed by atoms with E-state index in [4.69, 9.17) is 5.11 Å². The fourth-order valence-electron chi connectivity index (χ4n) is 1.91. The van der Waals surface area contributed by atoms with E-state index in [0.717, 1.165) is 13.0 Å². The van der Waals surface area contributed by atoms with Crippen LogP contribution in [0.15, 0.2) is 5.38 Å². The number of nitrogens with zero attached hydrogens (tertiary/aromatic N) is 1. The normalized spacial score (nSPS) is 10.6. The maximum absolute atomic E-state index is 10.7. The van der Waals surface area contributed by atoms with Gasteiger partial charge in [0.2, 0.25) is 0 Å². The maximum atomic E-state index is 10.7. The van der Waals surface area contributed by atoms with Crippen LogP contribution in [-0.2, 0) is 0 Å². The molecule has 1 heterocycles. The van der Waals surface area contributed by atoms with E-state index in [-0.39, 0.29) is 5.69 Å². The molecule has 0 spiro atoms. The summed E-state index contributed by atoms with van der Waals surface area (Å²) in [7, 11) is 0. The summed E-state index contributed by atoms with van der Waals surface area (Å²) in [5.41, 5.74) is 0.128. The Morgan fingerprint density at radius 1 is 1.21 bits per heavy atom. The van der Waals surface area contributed by atoms with Gasteiger partial charge in [-0.1, -0.05) is 51.9 Å². The molecule has 0 aliphatic heterocycles. The molecular weight excluding hydrogens is 260 g/mol. The SMILES string of the molecule is CCCCCCCCCCNc1nc(C(=O)O)cs1. The molecule has 0 saturated carbocycles. The summed E-state index contributed by atoms with van der Waals surface area (Å²) in [4.78, 5) is 14.6.